The third-order valence-electron chi connectivity index (χ3n) is 3.54. The molecule has 3 nitrogen and oxygen atoms in total. The summed E-state index contributed by atoms with van der Waals surface area (Å²) in [6.45, 7) is 0. The number of ketones is 1. The molecule has 0 saturated heterocycles. The molecule has 18 heavy (non-hydrogen) atoms. The molecule has 0 saturated carbocycles. The minimum atomic E-state index is 0.178. The van der Waals surface area contributed by atoms with Gasteiger partial charge in [-0.25, -0.2) is 0 Å². The SMILES string of the molecule is Cn1cc(CC(=O)c2ccc3c(c2)CCC3)cn1. The molecule has 0 aliphatic heterocycles. The molecular formula is C15H16N2O. The van der Waals surface area contributed by atoms with E-state index in [1.165, 1.54) is 17.5 Å². The minimum absolute atomic E-state index is 0.178. The fraction of sp³-hybridized carbons (Fsp3) is 0.333. The zero-order valence-corrected chi connectivity index (χ0v) is 10.5. The Balaban J connectivity index is 1.80. The van der Waals surface area contributed by atoms with E-state index in [2.05, 4.69) is 17.2 Å². The molecule has 0 atom stereocenters. The highest BCUT2D eigenvalue weighted by Crippen LogP contribution is 2.23. The summed E-state index contributed by atoms with van der Waals surface area (Å²) in [6.07, 6.45) is 7.58. The highest BCUT2D eigenvalue weighted by Gasteiger charge is 2.14. The molecule has 2 aromatic rings. The van der Waals surface area contributed by atoms with Gasteiger partial charge in [0.05, 0.1) is 6.20 Å². The number of nitrogens with zero attached hydrogens (tertiary/aromatic N) is 2. The molecule has 1 aromatic heterocycles. The lowest BCUT2D eigenvalue weighted by atomic mass is 10.0. The maximum atomic E-state index is 12.2. The van der Waals surface area contributed by atoms with Gasteiger partial charge in [-0.15, -0.1) is 0 Å². The summed E-state index contributed by atoms with van der Waals surface area (Å²) in [5.41, 5.74) is 4.57. The average molecular weight is 240 g/mol. The second kappa shape index (κ2) is 4.41. The molecule has 1 aliphatic carbocycles. The van der Waals surface area contributed by atoms with Crippen LogP contribution in [0.1, 0.15) is 33.5 Å². The molecular weight excluding hydrogens is 224 g/mol. The molecule has 92 valence electrons. The molecule has 3 rings (SSSR count). The summed E-state index contributed by atoms with van der Waals surface area (Å²) in [4.78, 5) is 12.2. The van der Waals surface area contributed by atoms with E-state index in [9.17, 15) is 4.79 Å². The second-order valence-electron chi connectivity index (χ2n) is 4.96. The van der Waals surface area contributed by atoms with E-state index < -0.39 is 0 Å². The first kappa shape index (κ1) is 11.2. The zero-order chi connectivity index (χ0) is 12.5. The quantitative estimate of drug-likeness (QED) is 0.772. The normalized spacial score (nSPS) is 13.6. The molecule has 0 amide bonds. The maximum absolute atomic E-state index is 12.2. The number of hydrogen-bond acceptors (Lipinski definition) is 2. The van der Waals surface area contributed by atoms with Gasteiger partial charge < -0.3 is 0 Å². The van der Waals surface area contributed by atoms with E-state index in [1.807, 2.05) is 19.3 Å². The molecule has 3 heteroatoms. The third kappa shape index (κ3) is 2.08. The Kier molecular flexibility index (Phi) is 2.74. The number of benzene rings is 1. The number of aromatic nitrogens is 2. The topological polar surface area (TPSA) is 34.9 Å². The molecule has 0 fully saturated rings. The Morgan fingerprint density at radius 1 is 1.33 bits per heavy atom. The molecule has 0 spiro atoms. The molecule has 0 bridgehead atoms. The van der Waals surface area contributed by atoms with Crippen LogP contribution < -0.4 is 0 Å². The van der Waals surface area contributed by atoms with E-state index in [0.717, 1.165) is 24.0 Å². The Labute approximate surface area is 106 Å². The van der Waals surface area contributed by atoms with Crippen LogP contribution in [0.2, 0.25) is 0 Å². The van der Waals surface area contributed by atoms with Gasteiger partial charge in [0, 0.05) is 25.2 Å². The Bertz CT molecular complexity index is 598. The number of fused-ring (bicyclic) bond motifs is 1. The van der Waals surface area contributed by atoms with Crippen molar-refractivity contribution in [2.24, 2.45) is 7.05 Å². The summed E-state index contributed by atoms with van der Waals surface area (Å²) in [5, 5.41) is 4.09. The smallest absolute Gasteiger partial charge is 0.167 e. The summed E-state index contributed by atoms with van der Waals surface area (Å²) in [7, 11) is 1.86. The fourth-order valence-corrected chi connectivity index (χ4v) is 2.60. The van der Waals surface area contributed by atoms with Crippen molar-refractivity contribution < 1.29 is 4.79 Å². The van der Waals surface area contributed by atoms with Crippen LogP contribution in [-0.4, -0.2) is 15.6 Å². The Hall–Kier alpha value is -1.90. The van der Waals surface area contributed by atoms with Crippen LogP contribution in [-0.2, 0) is 26.3 Å². The van der Waals surface area contributed by atoms with Gasteiger partial charge in [-0.05, 0) is 42.0 Å². The monoisotopic (exact) mass is 240 g/mol. The molecule has 1 aliphatic rings. The van der Waals surface area contributed by atoms with Crippen molar-refractivity contribution >= 4 is 5.78 Å². The lowest BCUT2D eigenvalue weighted by molar-refractivity contribution is 0.0993. The highest BCUT2D eigenvalue weighted by molar-refractivity contribution is 5.97. The van der Waals surface area contributed by atoms with Crippen LogP contribution in [0.4, 0.5) is 0 Å². The average Bonchev–Trinajstić information content (AvgIpc) is 2.96. The second-order valence-corrected chi connectivity index (χ2v) is 4.96. The largest absolute Gasteiger partial charge is 0.294 e. The van der Waals surface area contributed by atoms with Gasteiger partial charge >= 0.3 is 0 Å². The summed E-state index contributed by atoms with van der Waals surface area (Å²) >= 11 is 0. The van der Waals surface area contributed by atoms with Gasteiger partial charge in [0.25, 0.3) is 0 Å². The first-order chi connectivity index (χ1) is 8.72. The fourth-order valence-electron chi connectivity index (χ4n) is 2.60. The van der Waals surface area contributed by atoms with Gasteiger partial charge in [-0.1, -0.05) is 12.1 Å². The maximum Gasteiger partial charge on any atom is 0.167 e. The van der Waals surface area contributed by atoms with E-state index in [0.29, 0.717) is 6.42 Å². The van der Waals surface area contributed by atoms with Crippen molar-refractivity contribution in [2.45, 2.75) is 25.7 Å². The predicted octanol–water partition coefficient (Wildman–Crippen LogP) is 2.33. The van der Waals surface area contributed by atoms with Crippen LogP contribution in [0.25, 0.3) is 0 Å². The van der Waals surface area contributed by atoms with Crippen LogP contribution >= 0.6 is 0 Å². The van der Waals surface area contributed by atoms with Crippen LogP contribution in [0.15, 0.2) is 30.6 Å². The standard InChI is InChI=1S/C15H16N2O/c1-17-10-11(9-16-17)7-15(18)14-6-5-12-3-2-4-13(12)8-14/h5-6,8-10H,2-4,7H2,1H3. The van der Waals surface area contributed by atoms with Gasteiger partial charge in [0.15, 0.2) is 5.78 Å². The lowest BCUT2D eigenvalue weighted by Crippen LogP contribution is -2.03. The van der Waals surface area contributed by atoms with Crippen LogP contribution in [0, 0.1) is 0 Å². The Morgan fingerprint density at radius 2 is 2.17 bits per heavy atom. The van der Waals surface area contributed by atoms with Gasteiger partial charge in [0.1, 0.15) is 0 Å². The third-order valence-corrected chi connectivity index (χ3v) is 3.54. The van der Waals surface area contributed by atoms with E-state index in [1.54, 1.807) is 10.9 Å². The van der Waals surface area contributed by atoms with Crippen LogP contribution in [0.5, 0.6) is 0 Å². The van der Waals surface area contributed by atoms with Crippen molar-refractivity contribution in [1.29, 1.82) is 0 Å². The zero-order valence-electron chi connectivity index (χ0n) is 10.5. The van der Waals surface area contributed by atoms with Gasteiger partial charge in [-0.2, -0.15) is 5.10 Å². The van der Waals surface area contributed by atoms with Crippen molar-refractivity contribution in [3.63, 3.8) is 0 Å². The summed E-state index contributed by atoms with van der Waals surface area (Å²) < 4.78 is 1.73. The summed E-state index contributed by atoms with van der Waals surface area (Å²) in [6, 6.07) is 6.14. The van der Waals surface area contributed by atoms with Crippen molar-refractivity contribution in [1.82, 2.24) is 9.78 Å². The first-order valence-electron chi connectivity index (χ1n) is 6.35. The number of carbonyl (C=O) groups is 1. The molecule has 0 N–H and O–H groups in total. The molecule has 0 unspecified atom stereocenters. The van der Waals surface area contributed by atoms with E-state index in [4.69, 9.17) is 0 Å². The molecule has 1 aromatic carbocycles. The predicted molar refractivity (Wildman–Crippen MR) is 69.7 cm³/mol. The van der Waals surface area contributed by atoms with E-state index >= 15 is 0 Å². The van der Waals surface area contributed by atoms with Gasteiger partial charge in [0.2, 0.25) is 0 Å². The number of carbonyl (C=O) groups excluding carboxylic acids is 1. The molecule has 0 radical (unpaired) electrons. The van der Waals surface area contributed by atoms with Gasteiger partial charge in [-0.3, -0.25) is 9.48 Å². The lowest BCUT2D eigenvalue weighted by Gasteiger charge is -2.03. The minimum Gasteiger partial charge on any atom is -0.294 e. The van der Waals surface area contributed by atoms with Crippen molar-refractivity contribution in [3.8, 4) is 0 Å². The number of aryl methyl sites for hydroxylation is 3. The molecule has 1 heterocycles. The summed E-state index contributed by atoms with van der Waals surface area (Å²) in [5.74, 6) is 0.178. The van der Waals surface area contributed by atoms with Crippen molar-refractivity contribution in [2.75, 3.05) is 0 Å². The van der Waals surface area contributed by atoms with Crippen LogP contribution in [0.3, 0.4) is 0 Å². The first-order valence-corrected chi connectivity index (χ1v) is 6.35. The highest BCUT2D eigenvalue weighted by atomic mass is 16.1. The number of rotatable bonds is 3. The number of hydrogen-bond donors (Lipinski definition) is 0. The Morgan fingerprint density at radius 3 is 2.94 bits per heavy atom. The van der Waals surface area contributed by atoms with Crippen molar-refractivity contribution in [3.05, 3.63) is 52.8 Å². The number of Topliss-reactive ketones (excluding diaryl/α,β-unsaturated/α-hetero) is 1. The van der Waals surface area contributed by atoms with E-state index in [-0.39, 0.29) is 5.78 Å².